The number of carboxylic acids is 4. The lowest BCUT2D eigenvalue weighted by molar-refractivity contribution is 0.0679. The first-order valence-corrected chi connectivity index (χ1v) is 20.2. The van der Waals surface area contributed by atoms with Crippen LogP contribution in [0.15, 0.2) is 90.0 Å². The number of aromatic carboxylic acids is 4. The summed E-state index contributed by atoms with van der Waals surface area (Å²) >= 11 is 3.15. The fraction of sp³-hybridized carbons (Fsp3) is 0.364. The van der Waals surface area contributed by atoms with Gasteiger partial charge in [-0.05, 0) is 92.4 Å². The number of benzene rings is 4. The summed E-state index contributed by atoms with van der Waals surface area (Å²) in [5.74, 6) is -4.79. The van der Waals surface area contributed by atoms with E-state index in [0.29, 0.717) is 19.6 Å². The number of rotatable bonds is 10. The zero-order valence-corrected chi connectivity index (χ0v) is 35.9. The molecule has 0 saturated carbocycles. The molecule has 0 aromatic heterocycles. The molecule has 0 fully saturated rings. The first kappa shape index (κ1) is 43.5. The third-order valence-corrected chi connectivity index (χ3v) is 12.4. The van der Waals surface area contributed by atoms with Crippen molar-refractivity contribution in [1.82, 2.24) is 0 Å². The van der Waals surface area contributed by atoms with Crippen LogP contribution in [0.2, 0.25) is 0 Å². The van der Waals surface area contributed by atoms with E-state index in [0.717, 1.165) is 57.5 Å². The molecule has 8 nitrogen and oxygen atoms in total. The molecule has 11 heteroatoms. The van der Waals surface area contributed by atoms with Crippen LogP contribution >= 0.6 is 35.3 Å². The van der Waals surface area contributed by atoms with Crippen molar-refractivity contribution >= 4 is 59.2 Å². The van der Waals surface area contributed by atoms with Crippen molar-refractivity contribution in [2.45, 2.75) is 134 Å². The largest absolute Gasteiger partial charge is 0.478 e. The average molecular weight is 803 g/mol. The Morgan fingerprint density at radius 3 is 0.818 bits per heavy atom. The minimum Gasteiger partial charge on any atom is -0.478 e. The fourth-order valence-electron chi connectivity index (χ4n) is 5.64. The quantitative estimate of drug-likeness (QED) is 0.121. The van der Waals surface area contributed by atoms with Gasteiger partial charge in [-0.1, -0.05) is 131 Å². The summed E-state index contributed by atoms with van der Waals surface area (Å²) in [5.41, 5.74) is 1.65. The zero-order chi connectivity index (χ0) is 41.6. The maximum absolute atomic E-state index is 13.3. The Hall–Kier alpha value is -4.19. The van der Waals surface area contributed by atoms with Crippen LogP contribution in [-0.4, -0.2) is 44.3 Å². The van der Waals surface area contributed by atoms with Crippen molar-refractivity contribution in [2.24, 2.45) is 0 Å². The molecule has 0 aliphatic heterocycles. The molecule has 0 amide bonds. The summed E-state index contributed by atoms with van der Waals surface area (Å²) in [6.45, 7) is 24.0. The van der Waals surface area contributed by atoms with E-state index in [4.69, 9.17) is 0 Å². The van der Waals surface area contributed by atoms with Gasteiger partial charge in [-0.15, -0.1) is 0 Å². The summed E-state index contributed by atoms with van der Waals surface area (Å²) < 4.78 is 0. The van der Waals surface area contributed by atoms with Crippen LogP contribution in [-0.2, 0) is 21.7 Å². The van der Waals surface area contributed by atoms with Crippen LogP contribution in [0, 0.1) is 0 Å². The molecule has 0 heterocycles. The molecule has 55 heavy (non-hydrogen) atoms. The fourth-order valence-corrected chi connectivity index (χ4v) is 9.33. The normalized spacial score (nSPS) is 12.4. The summed E-state index contributed by atoms with van der Waals surface area (Å²) in [4.78, 5) is 53.3. The lowest BCUT2D eigenvalue weighted by Gasteiger charge is -2.25. The van der Waals surface area contributed by atoms with E-state index in [-0.39, 0.29) is 42.9 Å². The number of carboxylic acid groups (broad SMARTS) is 4. The standard InChI is InChI=1S/C44H50O8S3/c1-41(2,3)23-13-15-27(37(45)46)29(17-23)53-31-19-25(43(7,8)9)21-33(35(31)39(49)50)55-34-22-26(44(10,11)12)20-32(36(34)40(51)52)54-30-18-24(42(4,5)6)14-16-28(30)38(47)48/h13-22H,1-12H3,(H,45,46)(H,47,48)(H,49,50)(H,51,52). The van der Waals surface area contributed by atoms with E-state index in [9.17, 15) is 39.6 Å². The number of hydrogen-bond donors (Lipinski definition) is 4. The molecule has 0 unspecified atom stereocenters. The van der Waals surface area contributed by atoms with Crippen LogP contribution in [0.4, 0.5) is 0 Å². The van der Waals surface area contributed by atoms with Gasteiger partial charge in [0.15, 0.2) is 0 Å². The predicted octanol–water partition coefficient (Wildman–Crippen LogP) is 12.1. The molecular weight excluding hydrogens is 753 g/mol. The summed E-state index contributed by atoms with van der Waals surface area (Å²) in [5, 5.41) is 41.9. The lowest BCUT2D eigenvalue weighted by atomic mass is 9.86. The Kier molecular flexibility index (Phi) is 12.5. The summed E-state index contributed by atoms with van der Waals surface area (Å²) in [6.07, 6.45) is 0. The number of hydrogen-bond acceptors (Lipinski definition) is 7. The molecule has 4 N–H and O–H groups in total. The van der Waals surface area contributed by atoms with Gasteiger partial charge in [-0.2, -0.15) is 0 Å². The van der Waals surface area contributed by atoms with Gasteiger partial charge in [0, 0.05) is 29.4 Å². The number of carbonyl (C=O) groups is 4. The van der Waals surface area contributed by atoms with Crippen LogP contribution in [0.25, 0.3) is 0 Å². The van der Waals surface area contributed by atoms with E-state index in [2.05, 4.69) is 0 Å². The lowest BCUT2D eigenvalue weighted by Crippen LogP contribution is -2.15. The third-order valence-electron chi connectivity index (χ3n) is 9.11. The topological polar surface area (TPSA) is 149 Å². The Labute approximate surface area is 336 Å². The van der Waals surface area contributed by atoms with E-state index in [1.165, 1.54) is 12.1 Å². The van der Waals surface area contributed by atoms with Crippen molar-refractivity contribution in [3.63, 3.8) is 0 Å². The smallest absolute Gasteiger partial charge is 0.338 e. The Morgan fingerprint density at radius 2 is 0.600 bits per heavy atom. The highest BCUT2D eigenvalue weighted by atomic mass is 32.2. The Bertz CT molecular complexity index is 2040. The molecule has 0 atom stereocenters. The first-order chi connectivity index (χ1) is 25.1. The Morgan fingerprint density at radius 1 is 0.364 bits per heavy atom. The van der Waals surface area contributed by atoms with Crippen molar-refractivity contribution < 1.29 is 39.6 Å². The molecule has 0 bridgehead atoms. The minimum absolute atomic E-state index is 0.0358. The van der Waals surface area contributed by atoms with E-state index >= 15 is 0 Å². The van der Waals surface area contributed by atoms with Crippen molar-refractivity contribution in [1.29, 1.82) is 0 Å². The van der Waals surface area contributed by atoms with Gasteiger partial charge in [-0.3, -0.25) is 0 Å². The van der Waals surface area contributed by atoms with Crippen LogP contribution in [0.3, 0.4) is 0 Å². The molecule has 4 aromatic carbocycles. The molecule has 4 rings (SSSR count). The SMILES string of the molecule is CC(C)(C)c1ccc(C(=O)O)c(Sc2cc(C(C)(C)C)cc(Sc3cc(C(C)(C)C)cc(Sc4cc(C(C)(C)C)ccc4C(=O)O)c3C(=O)O)c2C(=O)O)c1. The van der Waals surface area contributed by atoms with E-state index in [1.54, 1.807) is 48.5 Å². The van der Waals surface area contributed by atoms with E-state index in [1.807, 2.05) is 83.1 Å². The van der Waals surface area contributed by atoms with Gasteiger partial charge in [0.2, 0.25) is 0 Å². The highest BCUT2D eigenvalue weighted by Gasteiger charge is 2.30. The van der Waals surface area contributed by atoms with Crippen molar-refractivity contribution in [3.05, 3.63) is 105 Å². The van der Waals surface area contributed by atoms with Gasteiger partial charge in [0.05, 0.1) is 22.3 Å². The molecule has 0 aliphatic carbocycles. The molecular formula is C44H50O8S3. The average Bonchev–Trinajstić information content (AvgIpc) is 3.02. The third kappa shape index (κ3) is 10.2. The predicted molar refractivity (Wildman–Crippen MR) is 221 cm³/mol. The maximum Gasteiger partial charge on any atom is 0.338 e. The highest BCUT2D eigenvalue weighted by molar-refractivity contribution is 8.00. The molecule has 0 aliphatic rings. The van der Waals surface area contributed by atoms with Crippen LogP contribution in [0.1, 0.15) is 147 Å². The van der Waals surface area contributed by atoms with Gasteiger partial charge in [0.25, 0.3) is 0 Å². The summed E-state index contributed by atoms with van der Waals surface area (Å²) in [6, 6.07) is 17.3. The Balaban J connectivity index is 2.05. The van der Waals surface area contributed by atoms with Gasteiger partial charge >= 0.3 is 23.9 Å². The molecule has 0 radical (unpaired) electrons. The van der Waals surface area contributed by atoms with Crippen molar-refractivity contribution in [2.75, 3.05) is 0 Å². The van der Waals surface area contributed by atoms with Gasteiger partial charge in [-0.25, -0.2) is 19.2 Å². The van der Waals surface area contributed by atoms with Crippen LogP contribution < -0.4 is 0 Å². The monoisotopic (exact) mass is 802 g/mol. The minimum atomic E-state index is -1.25. The van der Waals surface area contributed by atoms with E-state index < -0.39 is 34.7 Å². The molecule has 4 aromatic rings. The van der Waals surface area contributed by atoms with Gasteiger partial charge in [0.1, 0.15) is 0 Å². The molecule has 0 spiro atoms. The van der Waals surface area contributed by atoms with Gasteiger partial charge < -0.3 is 20.4 Å². The molecule has 0 saturated heterocycles. The zero-order valence-electron chi connectivity index (χ0n) is 33.4. The summed E-state index contributed by atoms with van der Waals surface area (Å²) in [7, 11) is 0. The molecule has 292 valence electrons. The second kappa shape index (κ2) is 15.7. The van der Waals surface area contributed by atoms with Crippen molar-refractivity contribution in [3.8, 4) is 0 Å². The highest BCUT2D eigenvalue weighted by Crippen LogP contribution is 2.47. The second-order valence-corrected chi connectivity index (χ2v) is 20.9. The van der Waals surface area contributed by atoms with Crippen LogP contribution in [0.5, 0.6) is 0 Å². The second-order valence-electron chi connectivity index (χ2n) is 17.6. The first-order valence-electron chi connectivity index (χ1n) is 17.7. The maximum atomic E-state index is 13.3.